The average molecular weight is 489 g/mol. The third-order valence-corrected chi connectivity index (χ3v) is 6.23. The van der Waals surface area contributed by atoms with Gasteiger partial charge in [0.2, 0.25) is 10.0 Å². The standard InChI is InChI=1S/C23H28N4O6S/c1-3-4-17-33-19-12-14-20(15-13-19)34(31,32)26-21(22(28)25-30)11-8-16-24-23(29)27(2)18-9-6-5-7-10-18/h5-7,9-10,12-15,21,26,30H,8,11,16-17H2,1-2H3,(H,24,29)(H,25,28)/t21-/m1/s1. The maximum Gasteiger partial charge on any atom is 0.321 e. The van der Waals surface area contributed by atoms with Crippen LogP contribution >= 0.6 is 0 Å². The van der Waals surface area contributed by atoms with E-state index in [1.807, 2.05) is 18.2 Å². The van der Waals surface area contributed by atoms with Gasteiger partial charge >= 0.3 is 6.03 Å². The number of urea groups is 1. The highest BCUT2D eigenvalue weighted by Gasteiger charge is 2.25. The van der Waals surface area contributed by atoms with Gasteiger partial charge in [-0.15, -0.1) is 5.92 Å². The number of sulfonamides is 1. The number of para-hydroxylation sites is 1. The van der Waals surface area contributed by atoms with E-state index in [0.717, 1.165) is 0 Å². The van der Waals surface area contributed by atoms with Gasteiger partial charge in [-0.2, -0.15) is 4.72 Å². The molecule has 0 aliphatic heterocycles. The Kier molecular flexibility index (Phi) is 10.3. The molecule has 0 aliphatic carbocycles. The number of carbonyl (C=O) groups is 2. The molecule has 0 aromatic heterocycles. The topological polar surface area (TPSA) is 137 Å². The maximum atomic E-state index is 12.7. The summed E-state index contributed by atoms with van der Waals surface area (Å²) >= 11 is 0. The predicted octanol–water partition coefficient (Wildman–Crippen LogP) is 1.87. The Balaban J connectivity index is 1.92. The maximum absolute atomic E-state index is 12.7. The number of anilines is 1. The van der Waals surface area contributed by atoms with Gasteiger partial charge < -0.3 is 10.1 Å². The molecular weight excluding hydrogens is 460 g/mol. The fraction of sp³-hybridized carbons (Fsp3) is 0.304. The fourth-order valence-electron chi connectivity index (χ4n) is 2.87. The van der Waals surface area contributed by atoms with Gasteiger partial charge in [0, 0.05) is 19.3 Å². The summed E-state index contributed by atoms with van der Waals surface area (Å²) < 4.78 is 33.1. The first kappa shape index (κ1) is 26.7. The smallest absolute Gasteiger partial charge is 0.321 e. The molecule has 0 saturated carbocycles. The zero-order chi connectivity index (χ0) is 25.0. The number of nitrogens with one attached hydrogen (secondary N) is 3. The van der Waals surface area contributed by atoms with Crippen LogP contribution in [0.2, 0.25) is 0 Å². The Morgan fingerprint density at radius 2 is 1.79 bits per heavy atom. The van der Waals surface area contributed by atoms with E-state index in [2.05, 4.69) is 21.9 Å². The number of hydrogen-bond acceptors (Lipinski definition) is 6. The number of nitrogens with zero attached hydrogens (tertiary/aromatic N) is 1. The first-order valence-corrected chi connectivity index (χ1v) is 11.9. The summed E-state index contributed by atoms with van der Waals surface area (Å²) in [6.45, 7) is 2.05. The minimum Gasteiger partial charge on any atom is -0.481 e. The van der Waals surface area contributed by atoms with Crippen LogP contribution in [-0.2, 0) is 14.8 Å². The summed E-state index contributed by atoms with van der Waals surface area (Å²) in [7, 11) is -2.44. The molecule has 3 amide bonds. The molecule has 182 valence electrons. The molecule has 0 heterocycles. The molecule has 1 atom stereocenters. The molecule has 2 aromatic carbocycles. The van der Waals surface area contributed by atoms with Crippen molar-refractivity contribution in [3.05, 3.63) is 54.6 Å². The summed E-state index contributed by atoms with van der Waals surface area (Å²) in [5, 5.41) is 11.7. The van der Waals surface area contributed by atoms with Crippen molar-refractivity contribution in [2.45, 2.75) is 30.7 Å². The molecule has 0 saturated heterocycles. The van der Waals surface area contributed by atoms with Crippen LogP contribution in [0.1, 0.15) is 19.8 Å². The Morgan fingerprint density at radius 3 is 2.41 bits per heavy atom. The molecule has 0 bridgehead atoms. The second-order valence-electron chi connectivity index (χ2n) is 7.11. The van der Waals surface area contributed by atoms with Crippen molar-refractivity contribution in [3.63, 3.8) is 0 Å². The SMILES string of the molecule is CC#CCOc1ccc(S(=O)(=O)N[C@H](CCCNC(=O)N(C)c2ccccc2)C(=O)NO)cc1. The van der Waals surface area contributed by atoms with Gasteiger partial charge in [0.1, 0.15) is 18.4 Å². The van der Waals surface area contributed by atoms with Crippen LogP contribution in [0.4, 0.5) is 10.5 Å². The Morgan fingerprint density at radius 1 is 1.12 bits per heavy atom. The summed E-state index contributed by atoms with van der Waals surface area (Å²) in [6.07, 6.45) is 0.318. The molecular formula is C23H28N4O6S. The Hall–Kier alpha value is -3.59. The summed E-state index contributed by atoms with van der Waals surface area (Å²) in [5.74, 6) is 4.96. The lowest BCUT2D eigenvalue weighted by molar-refractivity contribution is -0.131. The highest BCUT2D eigenvalue weighted by atomic mass is 32.2. The number of ether oxygens (including phenoxy) is 1. The van der Waals surface area contributed by atoms with Crippen LogP contribution in [0.25, 0.3) is 0 Å². The van der Waals surface area contributed by atoms with Crippen LogP contribution < -0.4 is 25.2 Å². The van der Waals surface area contributed by atoms with Crippen LogP contribution in [-0.4, -0.2) is 51.8 Å². The predicted molar refractivity (Wildman–Crippen MR) is 127 cm³/mol. The van der Waals surface area contributed by atoms with E-state index < -0.39 is 22.0 Å². The van der Waals surface area contributed by atoms with Gasteiger partial charge in [-0.3, -0.25) is 14.9 Å². The molecule has 0 spiro atoms. The molecule has 34 heavy (non-hydrogen) atoms. The minimum absolute atomic E-state index is 0.0395. The summed E-state index contributed by atoms with van der Waals surface area (Å²) in [4.78, 5) is 25.7. The van der Waals surface area contributed by atoms with E-state index in [4.69, 9.17) is 9.94 Å². The lowest BCUT2D eigenvalue weighted by Crippen LogP contribution is -2.46. The van der Waals surface area contributed by atoms with Crippen molar-refractivity contribution in [3.8, 4) is 17.6 Å². The molecule has 4 N–H and O–H groups in total. The largest absolute Gasteiger partial charge is 0.481 e. The normalized spacial score (nSPS) is 11.5. The van der Waals surface area contributed by atoms with Crippen LogP contribution in [0, 0.1) is 11.8 Å². The second-order valence-corrected chi connectivity index (χ2v) is 8.82. The molecule has 0 radical (unpaired) electrons. The summed E-state index contributed by atoms with van der Waals surface area (Å²) in [6, 6.07) is 13.1. The lowest BCUT2D eigenvalue weighted by atomic mass is 10.1. The fourth-order valence-corrected chi connectivity index (χ4v) is 4.10. The Labute approximate surface area is 199 Å². The van der Waals surface area contributed by atoms with Gasteiger partial charge in [0.05, 0.1) is 4.90 Å². The van der Waals surface area contributed by atoms with Crippen molar-refractivity contribution in [1.82, 2.24) is 15.5 Å². The molecule has 0 unspecified atom stereocenters. The first-order chi connectivity index (χ1) is 16.3. The number of hydrogen-bond donors (Lipinski definition) is 4. The monoisotopic (exact) mass is 488 g/mol. The molecule has 2 aromatic rings. The van der Waals surface area contributed by atoms with E-state index >= 15 is 0 Å². The van der Waals surface area contributed by atoms with Crippen molar-refractivity contribution in [1.29, 1.82) is 0 Å². The van der Waals surface area contributed by atoms with Gasteiger partial charge in [-0.05, 0) is 56.2 Å². The number of hydroxylamine groups is 1. The number of rotatable bonds is 11. The van der Waals surface area contributed by atoms with Gasteiger partial charge in [-0.1, -0.05) is 24.1 Å². The average Bonchev–Trinajstić information content (AvgIpc) is 2.85. The summed E-state index contributed by atoms with van der Waals surface area (Å²) in [5.41, 5.74) is 2.18. The van der Waals surface area contributed by atoms with E-state index in [9.17, 15) is 18.0 Å². The number of carbonyl (C=O) groups excluding carboxylic acids is 2. The third-order valence-electron chi connectivity index (χ3n) is 4.74. The first-order valence-electron chi connectivity index (χ1n) is 10.4. The van der Waals surface area contributed by atoms with Gasteiger partial charge in [0.15, 0.2) is 0 Å². The van der Waals surface area contributed by atoms with E-state index in [1.165, 1.54) is 34.6 Å². The molecule has 0 aliphatic rings. The molecule has 10 nitrogen and oxygen atoms in total. The van der Waals surface area contributed by atoms with E-state index in [-0.39, 0.29) is 36.9 Å². The second kappa shape index (κ2) is 13.2. The van der Waals surface area contributed by atoms with Gasteiger partial charge in [-0.25, -0.2) is 18.7 Å². The number of benzene rings is 2. The molecule has 0 fully saturated rings. The minimum atomic E-state index is -4.06. The Bertz CT molecular complexity index is 1110. The zero-order valence-electron chi connectivity index (χ0n) is 18.9. The van der Waals surface area contributed by atoms with Gasteiger partial charge in [0.25, 0.3) is 5.91 Å². The lowest BCUT2D eigenvalue weighted by Gasteiger charge is -2.19. The van der Waals surface area contributed by atoms with Crippen LogP contribution in [0.15, 0.2) is 59.5 Å². The quantitative estimate of drug-likeness (QED) is 0.165. The third kappa shape index (κ3) is 8.08. The zero-order valence-corrected chi connectivity index (χ0v) is 19.8. The van der Waals surface area contributed by atoms with E-state index in [1.54, 1.807) is 26.1 Å². The van der Waals surface area contributed by atoms with Crippen molar-refractivity contribution >= 4 is 27.6 Å². The highest BCUT2D eigenvalue weighted by molar-refractivity contribution is 7.89. The molecule has 2 rings (SSSR count). The van der Waals surface area contributed by atoms with Crippen LogP contribution in [0.5, 0.6) is 5.75 Å². The van der Waals surface area contributed by atoms with Crippen molar-refractivity contribution in [2.75, 3.05) is 25.1 Å². The number of amides is 3. The highest BCUT2D eigenvalue weighted by Crippen LogP contribution is 2.17. The van der Waals surface area contributed by atoms with Crippen LogP contribution in [0.3, 0.4) is 0 Å². The molecule has 11 heteroatoms. The van der Waals surface area contributed by atoms with Crippen molar-refractivity contribution < 1.29 is 28.0 Å². The van der Waals surface area contributed by atoms with E-state index in [0.29, 0.717) is 11.4 Å². The van der Waals surface area contributed by atoms with Crippen molar-refractivity contribution in [2.24, 2.45) is 0 Å².